The highest BCUT2D eigenvalue weighted by atomic mass is 16.6. The Labute approximate surface area is 181 Å². The monoisotopic (exact) mass is 423 g/mol. The molecule has 2 rings (SSSR count). The molecule has 0 atom stereocenters. The minimum atomic E-state index is -0.456. The first-order valence-electron chi connectivity index (χ1n) is 10.1. The molecule has 0 aliphatic rings. The van der Waals surface area contributed by atoms with Gasteiger partial charge in [-0.05, 0) is 36.1 Å². The molecule has 0 spiro atoms. The highest BCUT2D eigenvalue weighted by Gasteiger charge is 2.09. The van der Waals surface area contributed by atoms with Crippen LogP contribution in [0.2, 0.25) is 0 Å². The number of carbonyl (C=O) groups is 3. The van der Waals surface area contributed by atoms with Crippen LogP contribution >= 0.6 is 0 Å². The average Bonchev–Trinajstić information content (AvgIpc) is 2.80. The summed E-state index contributed by atoms with van der Waals surface area (Å²) in [6, 6.07) is 18.2. The number of hydrogen-bond donors (Lipinski definition) is 0. The maximum Gasteiger partial charge on any atom is 0.338 e. The molecule has 0 fully saturated rings. The fourth-order valence-electron chi connectivity index (χ4n) is 2.74. The molecule has 7 heteroatoms. The van der Waals surface area contributed by atoms with Crippen molar-refractivity contribution in [2.75, 3.05) is 19.8 Å². The van der Waals surface area contributed by atoms with E-state index in [1.54, 1.807) is 30.3 Å². The molecule has 0 saturated heterocycles. The summed E-state index contributed by atoms with van der Waals surface area (Å²) in [5.74, 6) is -1.16. The van der Waals surface area contributed by atoms with Crippen LogP contribution < -0.4 is 0 Å². The van der Waals surface area contributed by atoms with Gasteiger partial charge in [-0.3, -0.25) is 9.59 Å². The fraction of sp³-hybridized carbons (Fsp3) is 0.333. The highest BCUT2D eigenvalue weighted by Crippen LogP contribution is 2.11. The second-order valence-electron chi connectivity index (χ2n) is 6.67. The molecule has 0 aliphatic carbocycles. The first kappa shape index (κ1) is 23.6. The largest absolute Gasteiger partial charge is 0.465 e. The van der Waals surface area contributed by atoms with E-state index in [4.69, 9.17) is 19.5 Å². The van der Waals surface area contributed by atoms with Crippen molar-refractivity contribution in [2.45, 2.75) is 32.1 Å². The molecule has 31 heavy (non-hydrogen) atoms. The Morgan fingerprint density at radius 2 is 1.32 bits per heavy atom. The van der Waals surface area contributed by atoms with Gasteiger partial charge in [-0.25, -0.2) is 4.79 Å². The summed E-state index contributed by atoms with van der Waals surface area (Å²) >= 11 is 0. The van der Waals surface area contributed by atoms with Crippen LogP contribution in [-0.4, -0.2) is 37.7 Å². The summed E-state index contributed by atoms with van der Waals surface area (Å²) in [6.45, 7) is 0.119. The Balaban J connectivity index is 1.64. The zero-order valence-electron chi connectivity index (χ0n) is 17.2. The molecule has 2 aromatic carbocycles. The summed E-state index contributed by atoms with van der Waals surface area (Å²) in [5.41, 5.74) is 2.38. The van der Waals surface area contributed by atoms with Gasteiger partial charge in [0.25, 0.3) is 0 Å². The van der Waals surface area contributed by atoms with E-state index in [2.05, 4.69) is 0 Å². The van der Waals surface area contributed by atoms with Gasteiger partial charge in [0.1, 0.15) is 19.8 Å². The van der Waals surface area contributed by atoms with E-state index < -0.39 is 5.97 Å². The smallest absolute Gasteiger partial charge is 0.338 e. The van der Waals surface area contributed by atoms with Crippen LogP contribution in [0.25, 0.3) is 0 Å². The molecule has 0 radical (unpaired) electrons. The average molecular weight is 423 g/mol. The first-order valence-corrected chi connectivity index (χ1v) is 10.1. The Morgan fingerprint density at radius 1 is 0.742 bits per heavy atom. The fourth-order valence-corrected chi connectivity index (χ4v) is 2.74. The lowest BCUT2D eigenvalue weighted by molar-refractivity contribution is -0.145. The Morgan fingerprint density at radius 3 is 1.94 bits per heavy atom. The van der Waals surface area contributed by atoms with Gasteiger partial charge < -0.3 is 14.2 Å². The van der Waals surface area contributed by atoms with E-state index >= 15 is 0 Å². The molecule has 0 saturated carbocycles. The highest BCUT2D eigenvalue weighted by molar-refractivity contribution is 5.89. The van der Waals surface area contributed by atoms with Crippen molar-refractivity contribution in [3.05, 3.63) is 71.3 Å². The number of benzene rings is 2. The van der Waals surface area contributed by atoms with E-state index in [-0.39, 0.29) is 51.0 Å². The third-order valence-electron chi connectivity index (χ3n) is 4.29. The quantitative estimate of drug-likeness (QED) is 0.293. The van der Waals surface area contributed by atoms with Crippen LogP contribution in [0.3, 0.4) is 0 Å². The molecule has 0 amide bonds. The van der Waals surface area contributed by atoms with Crippen LogP contribution in [0.1, 0.15) is 40.7 Å². The molecule has 0 unspecified atom stereocenters. The summed E-state index contributed by atoms with van der Waals surface area (Å²) in [4.78, 5) is 35.3. The van der Waals surface area contributed by atoms with Crippen molar-refractivity contribution in [3.63, 3.8) is 0 Å². The molecule has 2 aromatic rings. The number of aryl methyl sites for hydroxylation is 2. The maximum absolute atomic E-state index is 11.9. The van der Waals surface area contributed by atoms with Crippen LogP contribution in [0.5, 0.6) is 0 Å². The maximum atomic E-state index is 11.9. The van der Waals surface area contributed by atoms with Crippen molar-refractivity contribution in [1.29, 1.82) is 5.26 Å². The van der Waals surface area contributed by atoms with Gasteiger partial charge in [0, 0.05) is 12.8 Å². The second-order valence-corrected chi connectivity index (χ2v) is 6.67. The molecule has 0 aromatic heterocycles. The van der Waals surface area contributed by atoms with E-state index in [0.717, 1.165) is 11.1 Å². The normalized spacial score (nSPS) is 10.0. The lowest BCUT2D eigenvalue weighted by Crippen LogP contribution is -2.14. The number of hydrogen-bond acceptors (Lipinski definition) is 7. The molecule has 162 valence electrons. The minimum Gasteiger partial charge on any atom is -0.465 e. The lowest BCUT2D eigenvalue weighted by Gasteiger charge is -2.08. The van der Waals surface area contributed by atoms with Crippen LogP contribution in [-0.2, 0) is 36.6 Å². The van der Waals surface area contributed by atoms with Gasteiger partial charge in [0.15, 0.2) is 0 Å². The number of rotatable bonds is 12. The Hall–Kier alpha value is -3.66. The predicted molar refractivity (Wildman–Crippen MR) is 112 cm³/mol. The Kier molecular flexibility index (Phi) is 10.3. The molecule has 0 bridgehead atoms. The van der Waals surface area contributed by atoms with Crippen LogP contribution in [0.15, 0.2) is 54.6 Å². The van der Waals surface area contributed by atoms with E-state index in [1.165, 1.54) is 0 Å². The molecular weight excluding hydrogens is 398 g/mol. The molecule has 0 aliphatic heterocycles. The first-order chi connectivity index (χ1) is 15.1. The van der Waals surface area contributed by atoms with Crippen molar-refractivity contribution in [1.82, 2.24) is 0 Å². The summed E-state index contributed by atoms with van der Waals surface area (Å²) in [6.07, 6.45) is 1.65. The number of ether oxygens (including phenoxy) is 3. The number of esters is 3. The van der Waals surface area contributed by atoms with Crippen molar-refractivity contribution < 1.29 is 28.6 Å². The van der Waals surface area contributed by atoms with Crippen LogP contribution in [0.4, 0.5) is 0 Å². The standard InChI is InChI=1S/C24H25NO6/c25-14-5-15-29-22(26)12-10-19-6-4-7-20(18-19)11-13-23(27)30-16-17-31-24(28)21-8-2-1-3-9-21/h1-4,6-9,18H,5,10-13,15-17H2. The number of nitriles is 1. The Bertz CT molecular complexity index is 904. The van der Waals surface area contributed by atoms with Gasteiger partial charge in [-0.15, -0.1) is 0 Å². The predicted octanol–water partition coefficient (Wildman–Crippen LogP) is 3.41. The topological polar surface area (TPSA) is 103 Å². The summed E-state index contributed by atoms with van der Waals surface area (Å²) in [5, 5.41) is 8.44. The SMILES string of the molecule is N#CCCOC(=O)CCc1cccc(CCC(=O)OCCOC(=O)c2ccccc2)c1. The van der Waals surface area contributed by atoms with Crippen LogP contribution in [0, 0.1) is 11.3 Å². The van der Waals surface area contributed by atoms with E-state index in [9.17, 15) is 14.4 Å². The zero-order chi connectivity index (χ0) is 22.3. The second kappa shape index (κ2) is 13.5. The van der Waals surface area contributed by atoms with Crippen molar-refractivity contribution in [3.8, 4) is 6.07 Å². The zero-order valence-corrected chi connectivity index (χ0v) is 17.2. The van der Waals surface area contributed by atoms with Gasteiger partial charge in [-0.2, -0.15) is 5.26 Å². The third kappa shape index (κ3) is 9.59. The van der Waals surface area contributed by atoms with Crippen molar-refractivity contribution in [2.24, 2.45) is 0 Å². The minimum absolute atomic E-state index is 0.000576. The van der Waals surface area contributed by atoms with Gasteiger partial charge >= 0.3 is 17.9 Å². The summed E-state index contributed by atoms with van der Waals surface area (Å²) in [7, 11) is 0. The molecule has 0 N–H and O–H groups in total. The summed E-state index contributed by atoms with van der Waals surface area (Å²) < 4.78 is 15.1. The number of carbonyl (C=O) groups excluding carboxylic acids is 3. The molecule has 0 heterocycles. The third-order valence-corrected chi connectivity index (χ3v) is 4.29. The molecule has 7 nitrogen and oxygen atoms in total. The van der Waals surface area contributed by atoms with E-state index in [1.807, 2.05) is 30.3 Å². The molecular formula is C24H25NO6. The van der Waals surface area contributed by atoms with Gasteiger partial charge in [0.2, 0.25) is 0 Å². The van der Waals surface area contributed by atoms with E-state index in [0.29, 0.717) is 18.4 Å². The van der Waals surface area contributed by atoms with Crippen molar-refractivity contribution >= 4 is 17.9 Å². The van der Waals surface area contributed by atoms with Gasteiger partial charge in [0.05, 0.1) is 18.1 Å². The number of nitrogens with zero attached hydrogens (tertiary/aromatic N) is 1. The lowest BCUT2D eigenvalue weighted by atomic mass is 10.0. The van der Waals surface area contributed by atoms with Gasteiger partial charge in [-0.1, -0.05) is 42.5 Å².